The number of hydrogen-bond acceptors (Lipinski definition) is 3. The largest absolute Gasteiger partial charge is 0.380 e. The Morgan fingerprint density at radius 1 is 1.43 bits per heavy atom. The Morgan fingerprint density at radius 3 is 2.86 bits per heavy atom. The van der Waals surface area contributed by atoms with E-state index in [-0.39, 0.29) is 0 Å². The zero-order valence-electron chi connectivity index (χ0n) is 12.0. The zero-order valence-corrected chi connectivity index (χ0v) is 12.0. The molecular formula is C17H21FN2O. The van der Waals surface area contributed by atoms with E-state index in [1.165, 1.54) is 18.9 Å². The van der Waals surface area contributed by atoms with E-state index < -0.39 is 17.8 Å². The predicted octanol–water partition coefficient (Wildman–Crippen LogP) is 2.62. The van der Waals surface area contributed by atoms with Crippen molar-refractivity contribution in [3.05, 3.63) is 53.9 Å². The monoisotopic (exact) mass is 288 g/mol. The Labute approximate surface area is 124 Å². The molecular weight excluding hydrogens is 267 g/mol. The number of aliphatic hydroxyl groups is 1. The van der Waals surface area contributed by atoms with E-state index in [9.17, 15) is 9.50 Å². The first-order valence-corrected chi connectivity index (χ1v) is 7.52. The zero-order chi connectivity index (χ0) is 14.9. The van der Waals surface area contributed by atoms with Crippen LogP contribution in [0.2, 0.25) is 0 Å². The molecule has 0 bridgehead atoms. The third-order valence-electron chi connectivity index (χ3n) is 4.43. The molecule has 0 spiro atoms. The number of rotatable bonds is 5. The lowest BCUT2D eigenvalue weighted by Gasteiger charge is -2.32. The highest BCUT2D eigenvalue weighted by molar-refractivity contribution is 5.41. The van der Waals surface area contributed by atoms with Gasteiger partial charge in [-0.15, -0.1) is 0 Å². The van der Waals surface area contributed by atoms with Crippen LogP contribution < -0.4 is 5.73 Å². The molecule has 3 rings (SSSR count). The molecule has 0 saturated heterocycles. The molecule has 21 heavy (non-hydrogen) atoms. The molecule has 0 amide bonds. The van der Waals surface area contributed by atoms with E-state index in [4.69, 9.17) is 5.73 Å². The maximum atomic E-state index is 13.5. The number of nitrogens with two attached hydrogens (primary N) is 1. The fourth-order valence-electron chi connectivity index (χ4n) is 2.84. The molecule has 3 unspecified atom stereocenters. The van der Waals surface area contributed by atoms with Gasteiger partial charge in [0.05, 0.1) is 6.04 Å². The van der Waals surface area contributed by atoms with Crippen LogP contribution in [0, 0.1) is 5.92 Å². The molecule has 2 aliphatic rings. The molecule has 1 aromatic rings. The number of aromatic nitrogens is 1. The maximum absolute atomic E-state index is 13.5. The van der Waals surface area contributed by atoms with Crippen LogP contribution in [0.1, 0.15) is 31.2 Å². The van der Waals surface area contributed by atoms with Crippen LogP contribution in [0.5, 0.6) is 0 Å². The molecule has 1 aromatic heterocycles. The Morgan fingerprint density at radius 2 is 2.24 bits per heavy atom. The minimum atomic E-state index is -1.18. The number of nitrogens with zero attached hydrogens (tertiary/aromatic N) is 1. The summed E-state index contributed by atoms with van der Waals surface area (Å²) in [5.74, 6) is 0.712. The maximum Gasteiger partial charge on any atom is 0.137 e. The van der Waals surface area contributed by atoms with Gasteiger partial charge >= 0.3 is 0 Å². The first-order valence-electron chi connectivity index (χ1n) is 7.52. The van der Waals surface area contributed by atoms with Crippen LogP contribution in [0.25, 0.3) is 0 Å². The van der Waals surface area contributed by atoms with Gasteiger partial charge < -0.3 is 10.8 Å². The number of pyridine rings is 1. The summed E-state index contributed by atoms with van der Waals surface area (Å²) in [6.07, 6.45) is 11.0. The first-order chi connectivity index (χ1) is 10.1. The highest BCUT2D eigenvalue weighted by Gasteiger charge is 2.36. The van der Waals surface area contributed by atoms with Gasteiger partial charge in [-0.05, 0) is 36.5 Å². The molecule has 2 aliphatic carbocycles. The van der Waals surface area contributed by atoms with Gasteiger partial charge in [0, 0.05) is 18.0 Å². The van der Waals surface area contributed by atoms with Crippen LogP contribution in [-0.2, 0) is 5.60 Å². The second-order valence-corrected chi connectivity index (χ2v) is 6.09. The van der Waals surface area contributed by atoms with Crippen LogP contribution in [-0.4, -0.2) is 22.3 Å². The molecule has 1 heterocycles. The Bertz CT molecular complexity index is 553. The molecule has 0 aromatic carbocycles. The van der Waals surface area contributed by atoms with E-state index in [1.807, 2.05) is 12.1 Å². The van der Waals surface area contributed by atoms with Gasteiger partial charge in [0.1, 0.15) is 11.8 Å². The summed E-state index contributed by atoms with van der Waals surface area (Å²) in [5, 5.41) is 11.3. The predicted molar refractivity (Wildman–Crippen MR) is 80.2 cm³/mol. The highest BCUT2D eigenvalue weighted by Crippen LogP contribution is 2.42. The summed E-state index contributed by atoms with van der Waals surface area (Å²) in [4.78, 5) is 4.11. The van der Waals surface area contributed by atoms with E-state index in [0.717, 1.165) is 12.0 Å². The smallest absolute Gasteiger partial charge is 0.137 e. The average Bonchev–Trinajstić information content (AvgIpc) is 3.33. The molecule has 3 N–H and O–H groups in total. The molecule has 0 aliphatic heterocycles. The van der Waals surface area contributed by atoms with Gasteiger partial charge in [0.25, 0.3) is 0 Å². The fourth-order valence-corrected chi connectivity index (χ4v) is 2.84. The van der Waals surface area contributed by atoms with Gasteiger partial charge in [-0.25, -0.2) is 4.39 Å². The Balaban J connectivity index is 1.91. The topological polar surface area (TPSA) is 59.1 Å². The summed E-state index contributed by atoms with van der Waals surface area (Å²) in [7, 11) is 0. The van der Waals surface area contributed by atoms with E-state index in [0.29, 0.717) is 17.9 Å². The molecule has 1 saturated carbocycles. The summed E-state index contributed by atoms with van der Waals surface area (Å²) in [6, 6.07) is 2.97. The van der Waals surface area contributed by atoms with Crippen LogP contribution in [0.15, 0.2) is 48.3 Å². The molecule has 3 nitrogen and oxygen atoms in total. The highest BCUT2D eigenvalue weighted by atomic mass is 19.1. The molecule has 112 valence electrons. The van der Waals surface area contributed by atoms with Crippen molar-refractivity contribution >= 4 is 0 Å². The third kappa shape index (κ3) is 3.06. The summed E-state index contributed by atoms with van der Waals surface area (Å²) < 4.78 is 13.5. The molecule has 3 atom stereocenters. The SMILES string of the molecule is NC1C=C(C(O)(CCC2CC2)c2cccnc2)C=CC1F. The summed E-state index contributed by atoms with van der Waals surface area (Å²) in [6.45, 7) is 0. The van der Waals surface area contributed by atoms with Crippen LogP contribution >= 0.6 is 0 Å². The van der Waals surface area contributed by atoms with Gasteiger partial charge in [-0.1, -0.05) is 31.1 Å². The Hall–Kier alpha value is -1.52. The van der Waals surface area contributed by atoms with Gasteiger partial charge in [0.15, 0.2) is 0 Å². The van der Waals surface area contributed by atoms with E-state index >= 15 is 0 Å². The lowest BCUT2D eigenvalue weighted by atomic mass is 9.79. The third-order valence-corrected chi connectivity index (χ3v) is 4.43. The average molecular weight is 288 g/mol. The fraction of sp³-hybridized carbons (Fsp3) is 0.471. The molecule has 4 heteroatoms. The lowest BCUT2D eigenvalue weighted by Crippen LogP contribution is -2.36. The number of alkyl halides is 1. The van der Waals surface area contributed by atoms with Gasteiger partial charge in [-0.3, -0.25) is 4.98 Å². The van der Waals surface area contributed by atoms with Crippen molar-refractivity contribution in [3.8, 4) is 0 Å². The second-order valence-electron chi connectivity index (χ2n) is 6.09. The van der Waals surface area contributed by atoms with Gasteiger partial charge in [-0.2, -0.15) is 0 Å². The van der Waals surface area contributed by atoms with E-state index in [1.54, 1.807) is 24.5 Å². The van der Waals surface area contributed by atoms with Crippen LogP contribution in [0.3, 0.4) is 0 Å². The summed E-state index contributed by atoms with van der Waals surface area (Å²) >= 11 is 0. The number of hydrogen-bond donors (Lipinski definition) is 2. The molecule has 0 radical (unpaired) electrons. The number of halogens is 1. The molecule has 1 fully saturated rings. The normalized spacial score (nSPS) is 28.0. The van der Waals surface area contributed by atoms with Gasteiger partial charge in [0.2, 0.25) is 0 Å². The van der Waals surface area contributed by atoms with E-state index in [2.05, 4.69) is 4.98 Å². The van der Waals surface area contributed by atoms with Crippen molar-refractivity contribution in [2.45, 2.75) is 43.5 Å². The van der Waals surface area contributed by atoms with Crippen molar-refractivity contribution in [3.63, 3.8) is 0 Å². The van der Waals surface area contributed by atoms with Crippen molar-refractivity contribution < 1.29 is 9.50 Å². The summed E-state index contributed by atoms with van der Waals surface area (Å²) in [5.41, 5.74) is 6.07. The second kappa shape index (κ2) is 5.70. The quantitative estimate of drug-likeness (QED) is 0.875. The van der Waals surface area contributed by atoms with Crippen molar-refractivity contribution in [2.75, 3.05) is 0 Å². The first kappa shape index (κ1) is 14.4. The van der Waals surface area contributed by atoms with Crippen molar-refractivity contribution in [2.24, 2.45) is 11.7 Å². The Kier molecular flexibility index (Phi) is 3.91. The van der Waals surface area contributed by atoms with Crippen molar-refractivity contribution in [1.82, 2.24) is 4.98 Å². The standard InChI is InChI=1S/C17H21FN2O/c18-15-6-5-13(10-16(15)19)17(21,8-7-12-3-4-12)14-2-1-9-20-11-14/h1-2,5-6,9-12,15-16,21H,3-4,7-8,19H2. The van der Waals surface area contributed by atoms with Crippen LogP contribution in [0.4, 0.5) is 4.39 Å². The minimum absolute atomic E-state index is 0.614. The van der Waals surface area contributed by atoms with Crippen molar-refractivity contribution in [1.29, 1.82) is 0 Å². The lowest BCUT2D eigenvalue weighted by molar-refractivity contribution is 0.0646. The minimum Gasteiger partial charge on any atom is -0.380 e.